The lowest BCUT2D eigenvalue weighted by atomic mass is 9.97. The van der Waals surface area contributed by atoms with Crippen molar-refractivity contribution in [1.82, 2.24) is 9.97 Å². The Morgan fingerprint density at radius 2 is 1.97 bits per heavy atom. The van der Waals surface area contributed by atoms with Crippen LogP contribution >= 0.6 is 23.1 Å². The monoisotopic (exact) mass is 425 g/mol. The van der Waals surface area contributed by atoms with Gasteiger partial charge in [-0.2, -0.15) is 0 Å². The molecule has 1 atom stereocenters. The molecule has 2 aromatic heterocycles. The van der Waals surface area contributed by atoms with Crippen LogP contribution in [-0.2, 0) is 17.6 Å². The Balaban J connectivity index is 1.46. The molecule has 1 N–H and O–H groups in total. The minimum Gasteiger partial charge on any atom is -0.325 e. The normalized spacial score (nSPS) is 14.6. The number of carbonyl (C=O) groups is 1. The van der Waals surface area contributed by atoms with Gasteiger partial charge >= 0.3 is 0 Å². The summed E-state index contributed by atoms with van der Waals surface area (Å²) < 4.78 is 0. The van der Waals surface area contributed by atoms with Crippen LogP contribution in [0.5, 0.6) is 0 Å². The molecule has 0 radical (unpaired) electrons. The third kappa shape index (κ3) is 4.48. The van der Waals surface area contributed by atoms with Crippen molar-refractivity contribution in [2.45, 2.75) is 63.8 Å². The van der Waals surface area contributed by atoms with Crippen molar-refractivity contribution < 1.29 is 4.79 Å². The van der Waals surface area contributed by atoms with Gasteiger partial charge in [0.15, 0.2) is 0 Å². The first kappa shape index (κ1) is 20.4. The Morgan fingerprint density at radius 1 is 1.21 bits per heavy atom. The summed E-state index contributed by atoms with van der Waals surface area (Å²) in [5.74, 6) is 1.67. The maximum atomic E-state index is 12.5. The first-order valence-electron chi connectivity index (χ1n) is 10.4. The molecular formula is C23H27N3OS2. The van der Waals surface area contributed by atoms with Gasteiger partial charge in [-0.1, -0.05) is 37.7 Å². The van der Waals surface area contributed by atoms with Crippen LogP contribution in [0.1, 0.15) is 60.9 Å². The second kappa shape index (κ2) is 8.84. The average Bonchev–Trinajstić information content (AvgIpc) is 3.10. The SMILES string of the molecule is CC[C@H](C)c1ccc(NC(=O)CSc2nc(C)nc3sc4c(c23)CCCC4)cc1. The van der Waals surface area contributed by atoms with Crippen LogP contribution in [0.3, 0.4) is 0 Å². The van der Waals surface area contributed by atoms with Crippen LogP contribution in [0.2, 0.25) is 0 Å². The number of aryl methyl sites for hydroxylation is 3. The van der Waals surface area contributed by atoms with Gasteiger partial charge in [0.05, 0.1) is 5.75 Å². The highest BCUT2D eigenvalue weighted by molar-refractivity contribution is 8.00. The van der Waals surface area contributed by atoms with E-state index in [2.05, 4.69) is 41.3 Å². The molecule has 29 heavy (non-hydrogen) atoms. The molecule has 1 aliphatic rings. The first-order chi connectivity index (χ1) is 14.0. The summed E-state index contributed by atoms with van der Waals surface area (Å²) in [6.45, 7) is 6.34. The number of thioether (sulfide) groups is 1. The van der Waals surface area contributed by atoms with Crippen LogP contribution in [0.4, 0.5) is 5.69 Å². The largest absolute Gasteiger partial charge is 0.325 e. The van der Waals surface area contributed by atoms with Crippen molar-refractivity contribution in [3.8, 4) is 0 Å². The van der Waals surface area contributed by atoms with Crippen molar-refractivity contribution >= 4 is 44.9 Å². The summed E-state index contributed by atoms with van der Waals surface area (Å²) in [4.78, 5) is 24.4. The number of fused-ring (bicyclic) bond motifs is 3. The molecule has 0 aliphatic heterocycles. The maximum absolute atomic E-state index is 12.5. The van der Waals surface area contributed by atoms with Crippen molar-refractivity contribution in [1.29, 1.82) is 0 Å². The second-order valence-electron chi connectivity index (χ2n) is 7.74. The number of aromatic nitrogens is 2. The zero-order valence-corrected chi connectivity index (χ0v) is 18.9. The second-order valence-corrected chi connectivity index (χ2v) is 9.78. The van der Waals surface area contributed by atoms with E-state index in [4.69, 9.17) is 0 Å². The first-order valence-corrected chi connectivity index (χ1v) is 12.2. The molecule has 4 rings (SSSR count). The van der Waals surface area contributed by atoms with Gasteiger partial charge in [-0.15, -0.1) is 11.3 Å². The van der Waals surface area contributed by atoms with Crippen LogP contribution in [-0.4, -0.2) is 21.6 Å². The number of nitrogens with one attached hydrogen (secondary N) is 1. The van der Waals surface area contributed by atoms with Crippen molar-refractivity contribution in [2.24, 2.45) is 0 Å². The summed E-state index contributed by atoms with van der Waals surface area (Å²) in [6.07, 6.45) is 5.84. The molecule has 0 bridgehead atoms. The number of benzene rings is 1. The minimum absolute atomic E-state index is 0.000183. The predicted molar refractivity (Wildman–Crippen MR) is 123 cm³/mol. The Morgan fingerprint density at radius 3 is 2.72 bits per heavy atom. The maximum Gasteiger partial charge on any atom is 0.234 e. The molecule has 0 spiro atoms. The van der Waals surface area contributed by atoms with Gasteiger partial charge in [0.2, 0.25) is 5.91 Å². The molecule has 3 aromatic rings. The van der Waals surface area contributed by atoms with E-state index in [1.807, 2.05) is 19.1 Å². The number of anilines is 1. The number of rotatable bonds is 6. The number of carbonyl (C=O) groups excluding carboxylic acids is 1. The predicted octanol–water partition coefficient (Wildman–Crippen LogP) is 6.12. The summed E-state index contributed by atoms with van der Waals surface area (Å²) in [6, 6.07) is 8.19. The fourth-order valence-electron chi connectivity index (χ4n) is 3.79. The summed E-state index contributed by atoms with van der Waals surface area (Å²) >= 11 is 3.33. The van der Waals surface area contributed by atoms with Crippen molar-refractivity contribution in [3.05, 3.63) is 46.1 Å². The van der Waals surface area contributed by atoms with Crippen molar-refractivity contribution in [3.63, 3.8) is 0 Å². The molecule has 1 amide bonds. The molecule has 0 saturated heterocycles. The number of hydrogen-bond acceptors (Lipinski definition) is 5. The summed E-state index contributed by atoms with van der Waals surface area (Å²) in [5, 5.41) is 5.15. The number of nitrogens with zero attached hydrogens (tertiary/aromatic N) is 2. The quantitative estimate of drug-likeness (QED) is 0.382. The van der Waals surface area contributed by atoms with Gasteiger partial charge in [0.1, 0.15) is 15.7 Å². The third-order valence-corrected chi connectivity index (χ3v) is 7.77. The van der Waals surface area contributed by atoms with E-state index in [0.717, 1.165) is 40.6 Å². The number of thiophene rings is 1. The zero-order valence-electron chi connectivity index (χ0n) is 17.2. The van der Waals surface area contributed by atoms with E-state index in [-0.39, 0.29) is 5.91 Å². The number of hydrogen-bond donors (Lipinski definition) is 1. The summed E-state index contributed by atoms with van der Waals surface area (Å²) in [5.41, 5.74) is 3.57. The number of amides is 1. The molecule has 4 nitrogen and oxygen atoms in total. The lowest BCUT2D eigenvalue weighted by Crippen LogP contribution is -2.14. The van der Waals surface area contributed by atoms with Gasteiger partial charge in [-0.05, 0) is 68.2 Å². The lowest BCUT2D eigenvalue weighted by molar-refractivity contribution is -0.113. The molecular weight excluding hydrogens is 398 g/mol. The molecule has 0 saturated carbocycles. The van der Waals surface area contributed by atoms with E-state index in [9.17, 15) is 4.79 Å². The van der Waals surface area contributed by atoms with E-state index < -0.39 is 0 Å². The minimum atomic E-state index is -0.000183. The summed E-state index contributed by atoms with van der Waals surface area (Å²) in [7, 11) is 0. The van der Waals surface area contributed by atoms with Crippen LogP contribution in [0.15, 0.2) is 29.3 Å². The highest BCUT2D eigenvalue weighted by Gasteiger charge is 2.21. The highest BCUT2D eigenvalue weighted by Crippen LogP contribution is 2.39. The Kier molecular flexibility index (Phi) is 6.20. The van der Waals surface area contributed by atoms with Crippen LogP contribution in [0, 0.1) is 6.92 Å². The molecule has 2 heterocycles. The zero-order chi connectivity index (χ0) is 20.4. The van der Waals surface area contributed by atoms with E-state index >= 15 is 0 Å². The van der Waals surface area contributed by atoms with E-state index in [0.29, 0.717) is 11.7 Å². The lowest BCUT2D eigenvalue weighted by Gasteiger charge is -2.12. The Bertz CT molecular complexity index is 1030. The topological polar surface area (TPSA) is 54.9 Å². The van der Waals surface area contributed by atoms with Gasteiger partial charge in [-0.3, -0.25) is 4.79 Å². The smallest absolute Gasteiger partial charge is 0.234 e. The third-order valence-electron chi connectivity index (χ3n) is 5.61. The van der Waals surface area contributed by atoms with Crippen molar-refractivity contribution in [2.75, 3.05) is 11.1 Å². The van der Waals surface area contributed by atoms with E-state index in [1.165, 1.54) is 46.0 Å². The van der Waals surface area contributed by atoms with E-state index in [1.54, 1.807) is 11.3 Å². The molecule has 152 valence electrons. The fourth-order valence-corrected chi connectivity index (χ4v) is 6.06. The molecule has 1 aromatic carbocycles. The van der Waals surface area contributed by atoms with Gasteiger partial charge < -0.3 is 5.32 Å². The van der Waals surface area contributed by atoms with Gasteiger partial charge in [0.25, 0.3) is 0 Å². The van der Waals surface area contributed by atoms with Crippen LogP contribution < -0.4 is 5.32 Å². The Hall–Kier alpha value is -1.92. The molecule has 0 fully saturated rings. The van der Waals surface area contributed by atoms with Gasteiger partial charge in [0, 0.05) is 16.0 Å². The fraction of sp³-hybridized carbons (Fsp3) is 0.435. The standard InChI is InChI=1S/C23H27N3OS2/c1-4-14(2)16-9-11-17(12-10-16)26-20(27)13-28-22-21-18-7-5-6-8-19(18)29-23(21)25-15(3)24-22/h9-12,14H,4-8,13H2,1-3H3,(H,26,27)/t14-/m0/s1. The van der Waals surface area contributed by atoms with Crippen LogP contribution in [0.25, 0.3) is 10.2 Å². The molecule has 1 aliphatic carbocycles. The Labute approximate surface area is 180 Å². The van der Waals surface area contributed by atoms with Gasteiger partial charge in [-0.25, -0.2) is 9.97 Å². The molecule has 0 unspecified atom stereocenters. The molecule has 6 heteroatoms. The highest BCUT2D eigenvalue weighted by atomic mass is 32.2. The average molecular weight is 426 g/mol.